The minimum absolute atomic E-state index is 0.137. The van der Waals surface area contributed by atoms with Crippen LogP contribution in [-0.4, -0.2) is 44.5 Å². The molecule has 23 heavy (non-hydrogen) atoms. The molecule has 1 saturated heterocycles. The first-order chi connectivity index (χ1) is 11.2. The molecule has 5 nitrogen and oxygen atoms in total. The van der Waals surface area contributed by atoms with Crippen molar-refractivity contribution in [3.63, 3.8) is 0 Å². The van der Waals surface area contributed by atoms with Crippen molar-refractivity contribution >= 4 is 0 Å². The molecule has 5 heteroatoms. The summed E-state index contributed by atoms with van der Waals surface area (Å²) in [6.07, 6.45) is 8.97. The summed E-state index contributed by atoms with van der Waals surface area (Å²) in [5.41, 5.74) is 3.47. The summed E-state index contributed by atoms with van der Waals surface area (Å²) in [7, 11) is 1.97. The Morgan fingerprint density at radius 3 is 2.70 bits per heavy atom. The van der Waals surface area contributed by atoms with Gasteiger partial charge < -0.3 is 5.11 Å². The Balaban J connectivity index is 1.73. The Kier molecular flexibility index (Phi) is 4.78. The molecule has 2 aromatic rings. The van der Waals surface area contributed by atoms with E-state index >= 15 is 0 Å². The molecule has 0 aliphatic carbocycles. The van der Waals surface area contributed by atoms with Crippen LogP contribution in [-0.2, 0) is 13.6 Å². The maximum Gasteiger partial charge on any atom is 0.0983 e. The van der Waals surface area contributed by atoms with E-state index in [1.807, 2.05) is 24.0 Å². The van der Waals surface area contributed by atoms with Crippen LogP contribution < -0.4 is 0 Å². The SMILES string of the molecule is CCC1(CO)CCN(Cc2cn(C)nc2-c2cccnc2)CC1. The molecule has 3 heterocycles. The highest BCUT2D eigenvalue weighted by Gasteiger charge is 2.32. The lowest BCUT2D eigenvalue weighted by Crippen LogP contribution is -2.41. The van der Waals surface area contributed by atoms with E-state index in [2.05, 4.69) is 34.2 Å². The van der Waals surface area contributed by atoms with Gasteiger partial charge in [0.2, 0.25) is 0 Å². The largest absolute Gasteiger partial charge is 0.396 e. The van der Waals surface area contributed by atoms with Gasteiger partial charge in [-0.25, -0.2) is 0 Å². The highest BCUT2D eigenvalue weighted by Crippen LogP contribution is 2.35. The van der Waals surface area contributed by atoms with Crippen LogP contribution >= 0.6 is 0 Å². The molecule has 0 radical (unpaired) electrons. The zero-order valence-electron chi connectivity index (χ0n) is 14.1. The molecule has 0 bridgehead atoms. The van der Waals surface area contributed by atoms with E-state index < -0.39 is 0 Å². The van der Waals surface area contributed by atoms with Crippen LogP contribution in [0.4, 0.5) is 0 Å². The van der Waals surface area contributed by atoms with Crippen molar-refractivity contribution in [1.82, 2.24) is 19.7 Å². The van der Waals surface area contributed by atoms with Gasteiger partial charge in [0.15, 0.2) is 0 Å². The number of hydrogen-bond acceptors (Lipinski definition) is 4. The van der Waals surface area contributed by atoms with Crippen molar-refractivity contribution in [3.05, 3.63) is 36.3 Å². The first-order valence-corrected chi connectivity index (χ1v) is 8.42. The van der Waals surface area contributed by atoms with E-state index in [4.69, 9.17) is 0 Å². The van der Waals surface area contributed by atoms with Gasteiger partial charge in [-0.3, -0.25) is 14.6 Å². The number of aryl methyl sites for hydroxylation is 1. The van der Waals surface area contributed by atoms with Gasteiger partial charge in [0.1, 0.15) is 0 Å². The van der Waals surface area contributed by atoms with E-state index in [1.54, 1.807) is 6.20 Å². The second-order valence-electron chi connectivity index (χ2n) is 6.71. The number of pyridine rings is 1. The zero-order chi connectivity index (χ0) is 16.3. The molecule has 0 spiro atoms. The number of piperidine rings is 1. The van der Waals surface area contributed by atoms with E-state index in [0.29, 0.717) is 6.61 Å². The molecule has 3 rings (SSSR count). The standard InChI is InChI=1S/C18H26N4O/c1-3-18(14-23)6-9-22(10-7-18)13-16-12-21(2)20-17(16)15-5-4-8-19-11-15/h4-5,8,11-12,23H,3,6-7,9-10,13-14H2,1-2H3. The Bertz CT molecular complexity index is 624. The summed E-state index contributed by atoms with van der Waals surface area (Å²) >= 11 is 0. The molecule has 1 aliphatic heterocycles. The average molecular weight is 314 g/mol. The van der Waals surface area contributed by atoms with E-state index in [9.17, 15) is 5.11 Å². The van der Waals surface area contributed by atoms with E-state index in [1.165, 1.54) is 5.56 Å². The normalized spacial score (nSPS) is 18.2. The summed E-state index contributed by atoms with van der Waals surface area (Å²) in [5.74, 6) is 0. The molecule has 1 aliphatic rings. The Morgan fingerprint density at radius 2 is 2.09 bits per heavy atom. The van der Waals surface area contributed by atoms with Crippen LogP contribution in [0.3, 0.4) is 0 Å². The minimum Gasteiger partial charge on any atom is -0.396 e. The number of hydrogen-bond donors (Lipinski definition) is 1. The molecule has 1 N–H and O–H groups in total. The van der Waals surface area contributed by atoms with Gasteiger partial charge in [-0.2, -0.15) is 5.10 Å². The number of nitrogens with zero attached hydrogens (tertiary/aromatic N) is 4. The zero-order valence-corrected chi connectivity index (χ0v) is 14.1. The summed E-state index contributed by atoms with van der Waals surface area (Å²) < 4.78 is 1.88. The lowest BCUT2D eigenvalue weighted by molar-refractivity contribution is 0.0383. The summed E-state index contributed by atoms with van der Waals surface area (Å²) in [6.45, 7) is 5.48. The molecule has 0 amide bonds. The molecule has 0 saturated carbocycles. The Morgan fingerprint density at radius 1 is 1.30 bits per heavy atom. The Labute approximate surface area is 138 Å². The van der Waals surface area contributed by atoms with Gasteiger partial charge in [0, 0.05) is 49.9 Å². The van der Waals surface area contributed by atoms with Crippen molar-refractivity contribution in [2.45, 2.75) is 32.7 Å². The van der Waals surface area contributed by atoms with Crippen molar-refractivity contribution in [1.29, 1.82) is 0 Å². The van der Waals surface area contributed by atoms with Crippen LogP contribution in [0.5, 0.6) is 0 Å². The van der Waals surface area contributed by atoms with Gasteiger partial charge >= 0.3 is 0 Å². The first-order valence-electron chi connectivity index (χ1n) is 8.42. The summed E-state index contributed by atoms with van der Waals surface area (Å²) in [6, 6.07) is 4.01. The molecule has 1 fully saturated rings. The topological polar surface area (TPSA) is 54.2 Å². The third-order valence-electron chi connectivity index (χ3n) is 5.24. The van der Waals surface area contributed by atoms with Crippen molar-refractivity contribution in [3.8, 4) is 11.3 Å². The first kappa shape index (κ1) is 16.1. The van der Waals surface area contributed by atoms with Gasteiger partial charge in [-0.15, -0.1) is 0 Å². The number of aliphatic hydroxyl groups is 1. The smallest absolute Gasteiger partial charge is 0.0983 e. The maximum atomic E-state index is 9.67. The summed E-state index contributed by atoms with van der Waals surface area (Å²) in [4.78, 5) is 6.68. The minimum atomic E-state index is 0.137. The fraction of sp³-hybridized carbons (Fsp3) is 0.556. The van der Waals surface area contributed by atoms with E-state index in [0.717, 1.165) is 50.2 Å². The highest BCUT2D eigenvalue weighted by molar-refractivity contribution is 5.61. The summed E-state index contributed by atoms with van der Waals surface area (Å²) in [5, 5.41) is 14.3. The van der Waals surface area contributed by atoms with Gasteiger partial charge in [0.05, 0.1) is 5.69 Å². The van der Waals surface area contributed by atoms with Crippen LogP contribution in [0.25, 0.3) is 11.3 Å². The number of likely N-dealkylation sites (tertiary alicyclic amines) is 1. The molecule has 0 atom stereocenters. The van der Waals surface area contributed by atoms with Crippen molar-refractivity contribution in [2.75, 3.05) is 19.7 Å². The van der Waals surface area contributed by atoms with Crippen molar-refractivity contribution in [2.24, 2.45) is 12.5 Å². The molecule has 0 unspecified atom stereocenters. The second kappa shape index (κ2) is 6.81. The lowest BCUT2D eigenvalue weighted by Gasteiger charge is -2.40. The lowest BCUT2D eigenvalue weighted by atomic mass is 9.77. The predicted octanol–water partition coefficient (Wildman–Crippen LogP) is 2.47. The van der Waals surface area contributed by atoms with Gasteiger partial charge in [-0.1, -0.05) is 6.92 Å². The molecular formula is C18H26N4O. The molecule has 124 valence electrons. The quantitative estimate of drug-likeness (QED) is 0.921. The maximum absolute atomic E-state index is 9.67. The predicted molar refractivity (Wildman–Crippen MR) is 90.8 cm³/mol. The number of aromatic nitrogens is 3. The monoisotopic (exact) mass is 314 g/mol. The third kappa shape index (κ3) is 3.46. The van der Waals surface area contributed by atoms with Gasteiger partial charge in [0.25, 0.3) is 0 Å². The third-order valence-corrected chi connectivity index (χ3v) is 5.24. The van der Waals surface area contributed by atoms with Crippen LogP contribution in [0.2, 0.25) is 0 Å². The van der Waals surface area contributed by atoms with Crippen LogP contribution in [0.1, 0.15) is 31.7 Å². The average Bonchev–Trinajstić information content (AvgIpc) is 2.97. The van der Waals surface area contributed by atoms with Crippen LogP contribution in [0, 0.1) is 5.41 Å². The van der Waals surface area contributed by atoms with Crippen molar-refractivity contribution < 1.29 is 5.11 Å². The second-order valence-corrected chi connectivity index (χ2v) is 6.71. The number of aliphatic hydroxyl groups excluding tert-OH is 1. The fourth-order valence-corrected chi connectivity index (χ4v) is 3.45. The molecule has 0 aromatic carbocycles. The fourth-order valence-electron chi connectivity index (χ4n) is 3.45. The highest BCUT2D eigenvalue weighted by atomic mass is 16.3. The Hall–Kier alpha value is -1.72. The van der Waals surface area contributed by atoms with Gasteiger partial charge in [-0.05, 0) is 49.9 Å². The number of rotatable bonds is 5. The van der Waals surface area contributed by atoms with Crippen LogP contribution in [0.15, 0.2) is 30.7 Å². The molecular weight excluding hydrogens is 288 g/mol. The van der Waals surface area contributed by atoms with E-state index in [-0.39, 0.29) is 5.41 Å². The molecule has 2 aromatic heterocycles.